The molecule has 3 nitrogen and oxygen atoms in total. The third-order valence-electron chi connectivity index (χ3n) is 3.68. The summed E-state index contributed by atoms with van der Waals surface area (Å²) in [4.78, 5) is 14.3. The molecule has 0 saturated carbocycles. The third-order valence-corrected chi connectivity index (χ3v) is 4.14. The van der Waals surface area contributed by atoms with Gasteiger partial charge in [0.1, 0.15) is 5.82 Å². The van der Waals surface area contributed by atoms with Crippen LogP contribution < -0.4 is 5.73 Å². The van der Waals surface area contributed by atoms with Crippen LogP contribution in [0.15, 0.2) is 22.7 Å². The van der Waals surface area contributed by atoms with Crippen molar-refractivity contribution < 1.29 is 9.18 Å². The number of carbonyl (C=O) groups is 1. The summed E-state index contributed by atoms with van der Waals surface area (Å²) in [7, 11) is 0. The van der Waals surface area contributed by atoms with Crippen molar-refractivity contribution in [3.63, 3.8) is 0 Å². The third kappa shape index (κ3) is 3.34. The second kappa shape index (κ2) is 6.01. The normalized spacial score (nSPS) is 23.5. The van der Waals surface area contributed by atoms with Gasteiger partial charge in [0.15, 0.2) is 0 Å². The average Bonchev–Trinajstić information content (AvgIpc) is 2.37. The molecule has 0 radical (unpaired) electrons. The number of hydrogen-bond donors (Lipinski definition) is 1. The molecular weight excluding hydrogens is 311 g/mol. The number of hydrogen-bond acceptors (Lipinski definition) is 2. The Hall–Kier alpha value is -0.940. The Balaban J connectivity index is 2.21. The van der Waals surface area contributed by atoms with Crippen molar-refractivity contribution in [2.24, 2.45) is 11.7 Å². The summed E-state index contributed by atoms with van der Waals surface area (Å²) < 4.78 is 14.0. The van der Waals surface area contributed by atoms with E-state index < -0.39 is 5.82 Å². The van der Waals surface area contributed by atoms with Crippen molar-refractivity contribution in [1.82, 2.24) is 4.90 Å². The number of halogens is 2. The van der Waals surface area contributed by atoms with Gasteiger partial charge in [-0.15, -0.1) is 0 Å². The van der Waals surface area contributed by atoms with Gasteiger partial charge in [0.05, 0.1) is 0 Å². The molecule has 1 saturated heterocycles. The number of piperidine rings is 1. The van der Waals surface area contributed by atoms with Gasteiger partial charge in [0.25, 0.3) is 5.91 Å². The molecule has 19 heavy (non-hydrogen) atoms. The fourth-order valence-corrected chi connectivity index (χ4v) is 2.97. The van der Waals surface area contributed by atoms with Gasteiger partial charge in [-0.3, -0.25) is 4.79 Å². The second-order valence-corrected chi connectivity index (χ2v) is 6.06. The van der Waals surface area contributed by atoms with E-state index in [-0.39, 0.29) is 11.9 Å². The summed E-state index contributed by atoms with van der Waals surface area (Å²) in [6.07, 6.45) is 2.00. The minimum Gasteiger partial charge on any atom is -0.336 e. The lowest BCUT2D eigenvalue weighted by Crippen LogP contribution is -2.47. The molecular formula is C14H18BrFN2O. The number of benzene rings is 1. The average molecular weight is 329 g/mol. The highest BCUT2D eigenvalue weighted by molar-refractivity contribution is 9.10. The number of rotatable bonds is 2. The number of amides is 1. The zero-order chi connectivity index (χ0) is 14.0. The summed E-state index contributed by atoms with van der Waals surface area (Å²) in [5.74, 6) is -0.180. The van der Waals surface area contributed by atoms with Crippen LogP contribution in [-0.2, 0) is 0 Å². The molecule has 0 aromatic heterocycles. The van der Waals surface area contributed by atoms with E-state index in [0.717, 1.165) is 12.8 Å². The number of likely N-dealkylation sites (tertiary alicyclic amines) is 1. The summed E-state index contributed by atoms with van der Waals surface area (Å²) >= 11 is 3.22. The number of nitrogens with two attached hydrogens (primary N) is 1. The predicted molar refractivity (Wildman–Crippen MR) is 76.4 cm³/mol. The molecule has 104 valence electrons. The first kappa shape index (κ1) is 14.5. The highest BCUT2D eigenvalue weighted by atomic mass is 79.9. The van der Waals surface area contributed by atoms with Crippen LogP contribution >= 0.6 is 15.9 Å². The van der Waals surface area contributed by atoms with Crippen molar-refractivity contribution in [2.75, 3.05) is 13.1 Å². The van der Waals surface area contributed by atoms with E-state index in [1.54, 1.807) is 6.07 Å². The molecule has 0 spiro atoms. The van der Waals surface area contributed by atoms with Gasteiger partial charge in [-0.05, 0) is 50.4 Å². The van der Waals surface area contributed by atoms with Crippen LogP contribution in [0.25, 0.3) is 0 Å². The molecule has 2 unspecified atom stereocenters. The first-order valence-corrected chi connectivity index (χ1v) is 7.27. The molecule has 1 aromatic rings. The van der Waals surface area contributed by atoms with E-state index in [2.05, 4.69) is 15.9 Å². The van der Waals surface area contributed by atoms with Gasteiger partial charge >= 0.3 is 0 Å². The minimum absolute atomic E-state index is 0.120. The maximum absolute atomic E-state index is 13.4. The van der Waals surface area contributed by atoms with Crippen molar-refractivity contribution in [3.8, 4) is 0 Å². The predicted octanol–water partition coefficient (Wildman–Crippen LogP) is 2.79. The first-order chi connectivity index (χ1) is 9.01. The van der Waals surface area contributed by atoms with Gasteiger partial charge in [-0.1, -0.05) is 15.9 Å². The summed E-state index contributed by atoms with van der Waals surface area (Å²) in [6.45, 7) is 3.27. The fourth-order valence-electron chi connectivity index (χ4n) is 2.50. The van der Waals surface area contributed by atoms with Gasteiger partial charge < -0.3 is 10.6 Å². The minimum atomic E-state index is -0.405. The van der Waals surface area contributed by atoms with Crippen molar-refractivity contribution in [2.45, 2.75) is 25.8 Å². The van der Waals surface area contributed by atoms with E-state index in [1.165, 1.54) is 12.1 Å². The fraction of sp³-hybridized carbons (Fsp3) is 0.500. The Labute approximate surface area is 121 Å². The lowest BCUT2D eigenvalue weighted by Gasteiger charge is -2.37. The van der Waals surface area contributed by atoms with Crippen molar-refractivity contribution >= 4 is 21.8 Å². The topological polar surface area (TPSA) is 46.3 Å². The van der Waals surface area contributed by atoms with Gasteiger partial charge in [-0.25, -0.2) is 4.39 Å². The molecule has 0 aliphatic carbocycles. The molecule has 1 aliphatic heterocycles. The van der Waals surface area contributed by atoms with Crippen molar-refractivity contribution in [3.05, 3.63) is 34.1 Å². The largest absolute Gasteiger partial charge is 0.336 e. The molecule has 2 rings (SSSR count). The zero-order valence-electron chi connectivity index (χ0n) is 10.9. The molecule has 1 fully saturated rings. The lowest BCUT2D eigenvalue weighted by atomic mass is 9.93. The summed E-state index contributed by atoms with van der Waals surface area (Å²) in [5.41, 5.74) is 6.08. The van der Waals surface area contributed by atoms with Gasteiger partial charge in [0, 0.05) is 22.6 Å². The molecule has 1 heterocycles. The standard InChI is InChI=1S/C14H18BrFN2O/c1-9-2-3-10(7-17)8-18(9)14(19)11-4-12(15)6-13(16)5-11/h4-6,9-10H,2-3,7-8,17H2,1H3. The molecule has 2 atom stereocenters. The van der Waals surface area contributed by atoms with E-state index in [4.69, 9.17) is 5.73 Å². The molecule has 5 heteroatoms. The second-order valence-electron chi connectivity index (χ2n) is 5.14. The highest BCUT2D eigenvalue weighted by Gasteiger charge is 2.29. The smallest absolute Gasteiger partial charge is 0.254 e. The molecule has 2 N–H and O–H groups in total. The number of nitrogens with zero attached hydrogens (tertiary/aromatic N) is 1. The molecule has 1 amide bonds. The van der Waals surface area contributed by atoms with Crippen LogP contribution in [0.4, 0.5) is 4.39 Å². The maximum atomic E-state index is 13.4. The lowest BCUT2D eigenvalue weighted by molar-refractivity contribution is 0.0566. The Morgan fingerprint density at radius 1 is 1.47 bits per heavy atom. The van der Waals surface area contributed by atoms with E-state index in [1.807, 2.05) is 11.8 Å². The Kier molecular flexibility index (Phi) is 4.58. The van der Waals surface area contributed by atoms with Crippen LogP contribution in [0.3, 0.4) is 0 Å². The quantitative estimate of drug-likeness (QED) is 0.907. The number of carbonyl (C=O) groups excluding carboxylic acids is 1. The Morgan fingerprint density at radius 3 is 2.84 bits per heavy atom. The molecule has 1 aromatic carbocycles. The van der Waals surface area contributed by atoms with Crippen LogP contribution in [0.2, 0.25) is 0 Å². The van der Waals surface area contributed by atoms with E-state index in [0.29, 0.717) is 29.0 Å². The van der Waals surface area contributed by atoms with Gasteiger partial charge in [0.2, 0.25) is 0 Å². The Morgan fingerprint density at radius 2 is 2.21 bits per heavy atom. The SMILES string of the molecule is CC1CCC(CN)CN1C(=O)c1cc(F)cc(Br)c1. The van der Waals surface area contributed by atoms with E-state index >= 15 is 0 Å². The van der Waals surface area contributed by atoms with Gasteiger partial charge in [-0.2, -0.15) is 0 Å². The monoisotopic (exact) mass is 328 g/mol. The van der Waals surface area contributed by atoms with Crippen LogP contribution in [0.1, 0.15) is 30.1 Å². The van der Waals surface area contributed by atoms with Crippen LogP contribution in [0.5, 0.6) is 0 Å². The first-order valence-electron chi connectivity index (χ1n) is 6.48. The molecule has 1 aliphatic rings. The molecule has 0 bridgehead atoms. The van der Waals surface area contributed by atoms with Crippen molar-refractivity contribution in [1.29, 1.82) is 0 Å². The summed E-state index contributed by atoms with van der Waals surface area (Å²) in [6, 6.07) is 4.46. The maximum Gasteiger partial charge on any atom is 0.254 e. The van der Waals surface area contributed by atoms with E-state index in [9.17, 15) is 9.18 Å². The Bertz CT molecular complexity index is 460. The summed E-state index contributed by atoms with van der Waals surface area (Å²) in [5, 5.41) is 0. The van der Waals surface area contributed by atoms with Crippen LogP contribution in [-0.4, -0.2) is 29.9 Å². The highest BCUT2D eigenvalue weighted by Crippen LogP contribution is 2.24. The zero-order valence-corrected chi connectivity index (χ0v) is 12.5. The van der Waals surface area contributed by atoms with Crippen LogP contribution in [0, 0.1) is 11.7 Å².